The standard InChI is InChI=1S/C14H24N4O4/c1-9(2)12(13(20)17-10(3)14(21)22)8-11(19)6-4-5-7-16-18-15/h9-10,12H,4-8H2,1-3H3,(H,17,20)(H,21,22)/t10-,12-/m0/s1. The average Bonchev–Trinajstić information content (AvgIpc) is 2.43. The highest BCUT2D eigenvalue weighted by Crippen LogP contribution is 2.18. The Bertz CT molecular complexity index is 444. The Morgan fingerprint density at radius 3 is 2.36 bits per heavy atom. The molecule has 0 aliphatic rings. The Labute approximate surface area is 129 Å². The molecule has 2 atom stereocenters. The Kier molecular flexibility index (Phi) is 9.61. The average molecular weight is 312 g/mol. The lowest BCUT2D eigenvalue weighted by Gasteiger charge is -2.21. The number of aliphatic carboxylic acids is 1. The van der Waals surface area contributed by atoms with Gasteiger partial charge in [-0.3, -0.25) is 14.4 Å². The van der Waals surface area contributed by atoms with Gasteiger partial charge in [0.1, 0.15) is 11.8 Å². The highest BCUT2D eigenvalue weighted by atomic mass is 16.4. The number of nitrogens with zero attached hydrogens (tertiary/aromatic N) is 3. The van der Waals surface area contributed by atoms with Gasteiger partial charge in [0.2, 0.25) is 5.91 Å². The van der Waals surface area contributed by atoms with Crippen molar-refractivity contribution in [3.63, 3.8) is 0 Å². The predicted octanol–water partition coefficient (Wildman–Crippen LogP) is 2.29. The first-order valence-corrected chi connectivity index (χ1v) is 7.35. The van der Waals surface area contributed by atoms with E-state index in [1.54, 1.807) is 0 Å². The van der Waals surface area contributed by atoms with Gasteiger partial charge in [-0.05, 0) is 31.2 Å². The molecule has 8 heteroatoms. The summed E-state index contributed by atoms with van der Waals surface area (Å²) >= 11 is 0. The Hall–Kier alpha value is -2.08. The van der Waals surface area contributed by atoms with E-state index < -0.39 is 23.8 Å². The second-order valence-electron chi connectivity index (χ2n) is 5.57. The second-order valence-corrected chi connectivity index (χ2v) is 5.57. The summed E-state index contributed by atoms with van der Waals surface area (Å²) in [6, 6.07) is -0.979. The van der Waals surface area contributed by atoms with Gasteiger partial charge in [-0.25, -0.2) is 0 Å². The maximum Gasteiger partial charge on any atom is 0.325 e. The van der Waals surface area contributed by atoms with Gasteiger partial charge >= 0.3 is 5.97 Å². The van der Waals surface area contributed by atoms with Crippen LogP contribution >= 0.6 is 0 Å². The van der Waals surface area contributed by atoms with Crippen molar-refractivity contribution in [2.45, 2.75) is 52.5 Å². The number of hydrogen-bond donors (Lipinski definition) is 2. The molecule has 8 nitrogen and oxygen atoms in total. The molecule has 0 aromatic rings. The van der Waals surface area contributed by atoms with Crippen LogP contribution in [0.3, 0.4) is 0 Å². The summed E-state index contributed by atoms with van der Waals surface area (Å²) in [7, 11) is 0. The lowest BCUT2D eigenvalue weighted by atomic mass is 9.88. The highest BCUT2D eigenvalue weighted by molar-refractivity contribution is 5.89. The van der Waals surface area contributed by atoms with Gasteiger partial charge in [0.15, 0.2) is 0 Å². The molecule has 0 aliphatic carbocycles. The van der Waals surface area contributed by atoms with Crippen LogP contribution in [-0.2, 0) is 14.4 Å². The molecule has 22 heavy (non-hydrogen) atoms. The third-order valence-corrected chi connectivity index (χ3v) is 3.35. The smallest absolute Gasteiger partial charge is 0.325 e. The molecule has 0 rings (SSSR count). The molecule has 124 valence electrons. The van der Waals surface area contributed by atoms with Crippen LogP contribution in [0.1, 0.15) is 46.5 Å². The molecule has 1 amide bonds. The van der Waals surface area contributed by atoms with Gasteiger partial charge in [-0.2, -0.15) is 0 Å². The van der Waals surface area contributed by atoms with Crippen LogP contribution < -0.4 is 5.32 Å². The number of amides is 1. The van der Waals surface area contributed by atoms with E-state index in [2.05, 4.69) is 15.3 Å². The molecule has 0 bridgehead atoms. The first kappa shape index (κ1) is 19.9. The van der Waals surface area contributed by atoms with Gasteiger partial charge < -0.3 is 10.4 Å². The Morgan fingerprint density at radius 2 is 1.86 bits per heavy atom. The quantitative estimate of drug-likeness (QED) is 0.262. The number of carboxylic acids is 1. The SMILES string of the molecule is CC(C)[C@H](CC(=O)CCCCN=[N+]=[N-])C(=O)N[C@@H](C)C(=O)O. The minimum Gasteiger partial charge on any atom is -0.480 e. The number of carboxylic acid groups (broad SMARTS) is 1. The number of hydrogen-bond acceptors (Lipinski definition) is 4. The number of rotatable bonds is 11. The first-order valence-electron chi connectivity index (χ1n) is 7.35. The van der Waals surface area contributed by atoms with E-state index in [0.29, 0.717) is 25.8 Å². The normalized spacial score (nSPS) is 13.1. The Balaban J connectivity index is 4.39. The minimum absolute atomic E-state index is 0.0437. The fourth-order valence-corrected chi connectivity index (χ4v) is 1.91. The van der Waals surface area contributed by atoms with E-state index in [4.69, 9.17) is 10.6 Å². The summed E-state index contributed by atoms with van der Waals surface area (Å²) < 4.78 is 0. The molecule has 0 aliphatic heterocycles. The molecule has 0 saturated heterocycles. The summed E-state index contributed by atoms with van der Waals surface area (Å²) in [6.07, 6.45) is 1.66. The van der Waals surface area contributed by atoms with Gasteiger partial charge in [0, 0.05) is 30.2 Å². The van der Waals surface area contributed by atoms with Crippen molar-refractivity contribution in [1.82, 2.24) is 5.32 Å². The lowest BCUT2D eigenvalue weighted by Crippen LogP contribution is -2.43. The van der Waals surface area contributed by atoms with Crippen molar-refractivity contribution in [3.05, 3.63) is 10.4 Å². The number of unbranched alkanes of at least 4 members (excludes halogenated alkanes) is 1. The fraction of sp³-hybridized carbons (Fsp3) is 0.786. The van der Waals surface area contributed by atoms with Crippen molar-refractivity contribution < 1.29 is 19.5 Å². The molecule has 0 fully saturated rings. The summed E-state index contributed by atoms with van der Waals surface area (Å²) in [5, 5.41) is 14.6. The number of carbonyl (C=O) groups is 3. The molecule has 0 aromatic heterocycles. The van der Waals surface area contributed by atoms with Crippen molar-refractivity contribution in [2.24, 2.45) is 17.0 Å². The summed E-state index contributed by atoms with van der Waals surface area (Å²) in [4.78, 5) is 37.4. The van der Waals surface area contributed by atoms with E-state index in [1.807, 2.05) is 13.8 Å². The molecular formula is C14H24N4O4. The first-order chi connectivity index (χ1) is 10.3. The molecule has 0 heterocycles. The number of nitrogens with one attached hydrogen (secondary N) is 1. The van der Waals surface area contributed by atoms with E-state index in [9.17, 15) is 14.4 Å². The number of carbonyl (C=O) groups excluding carboxylic acids is 2. The second kappa shape index (κ2) is 10.6. The number of ketones is 1. The Morgan fingerprint density at radius 1 is 1.23 bits per heavy atom. The van der Waals surface area contributed by atoms with Gasteiger partial charge in [0.05, 0.1) is 0 Å². The number of Topliss-reactive ketones (excluding diaryl/α,β-unsaturated/α-hetero) is 1. The zero-order chi connectivity index (χ0) is 17.1. The van der Waals surface area contributed by atoms with Crippen molar-refractivity contribution in [1.29, 1.82) is 0 Å². The van der Waals surface area contributed by atoms with Crippen LogP contribution in [0.4, 0.5) is 0 Å². The van der Waals surface area contributed by atoms with Crippen LogP contribution in [0.5, 0.6) is 0 Å². The zero-order valence-electron chi connectivity index (χ0n) is 13.3. The summed E-state index contributed by atoms with van der Waals surface area (Å²) in [5.41, 5.74) is 8.13. The maximum absolute atomic E-state index is 12.1. The van der Waals surface area contributed by atoms with Crippen LogP contribution in [0.25, 0.3) is 10.4 Å². The molecule has 0 spiro atoms. The highest BCUT2D eigenvalue weighted by Gasteiger charge is 2.27. The molecule has 0 saturated carbocycles. The van der Waals surface area contributed by atoms with Crippen LogP contribution in [0.15, 0.2) is 5.11 Å². The van der Waals surface area contributed by atoms with Crippen LogP contribution in [0.2, 0.25) is 0 Å². The fourth-order valence-electron chi connectivity index (χ4n) is 1.91. The minimum atomic E-state index is -1.11. The van der Waals surface area contributed by atoms with Crippen LogP contribution in [0, 0.1) is 11.8 Å². The third kappa shape index (κ3) is 8.26. The molecule has 2 N–H and O–H groups in total. The van der Waals surface area contributed by atoms with Crippen molar-refractivity contribution in [2.75, 3.05) is 6.54 Å². The largest absolute Gasteiger partial charge is 0.480 e. The zero-order valence-corrected chi connectivity index (χ0v) is 13.3. The predicted molar refractivity (Wildman–Crippen MR) is 81.1 cm³/mol. The summed E-state index contributed by atoms with van der Waals surface area (Å²) in [5.74, 6) is -2.16. The topological polar surface area (TPSA) is 132 Å². The van der Waals surface area contributed by atoms with Crippen LogP contribution in [-0.4, -0.2) is 35.4 Å². The van der Waals surface area contributed by atoms with Gasteiger partial charge in [-0.1, -0.05) is 19.0 Å². The monoisotopic (exact) mass is 312 g/mol. The van der Waals surface area contributed by atoms with E-state index in [-0.39, 0.29) is 18.1 Å². The van der Waals surface area contributed by atoms with Crippen molar-refractivity contribution in [3.8, 4) is 0 Å². The molecule has 0 radical (unpaired) electrons. The van der Waals surface area contributed by atoms with E-state index in [1.165, 1.54) is 6.92 Å². The van der Waals surface area contributed by atoms with Crippen molar-refractivity contribution >= 4 is 17.7 Å². The number of azide groups is 1. The maximum atomic E-state index is 12.1. The van der Waals surface area contributed by atoms with Gasteiger partial charge in [-0.15, -0.1) is 0 Å². The molecule has 0 unspecified atom stereocenters. The molecule has 0 aromatic carbocycles. The molecular weight excluding hydrogens is 288 g/mol. The lowest BCUT2D eigenvalue weighted by molar-refractivity contribution is -0.142. The van der Waals surface area contributed by atoms with E-state index >= 15 is 0 Å². The van der Waals surface area contributed by atoms with E-state index in [0.717, 1.165) is 0 Å². The van der Waals surface area contributed by atoms with Gasteiger partial charge in [0.25, 0.3) is 0 Å². The summed E-state index contributed by atoms with van der Waals surface area (Å²) in [6.45, 7) is 5.39. The third-order valence-electron chi connectivity index (χ3n) is 3.35.